The number of halogens is 3. The largest absolute Gasteiger partial charge is 0.475 e. The molecule has 43 heavy (non-hydrogen) atoms. The van der Waals surface area contributed by atoms with E-state index in [0.29, 0.717) is 63.2 Å². The first kappa shape index (κ1) is 29.1. The predicted molar refractivity (Wildman–Crippen MR) is 163 cm³/mol. The quantitative estimate of drug-likeness (QED) is 0.363. The van der Waals surface area contributed by atoms with Crippen LogP contribution in [0.5, 0.6) is 5.88 Å². The summed E-state index contributed by atoms with van der Waals surface area (Å²) in [5.41, 5.74) is 3.67. The zero-order valence-electron chi connectivity index (χ0n) is 24.1. The van der Waals surface area contributed by atoms with E-state index in [-0.39, 0.29) is 16.9 Å². The average Bonchev–Trinajstić information content (AvgIpc) is 3.44. The lowest BCUT2D eigenvalue weighted by atomic mass is 9.97. The molecule has 1 amide bonds. The van der Waals surface area contributed by atoms with Crippen molar-refractivity contribution in [1.29, 1.82) is 5.26 Å². The Labute approximate surface area is 254 Å². The van der Waals surface area contributed by atoms with Crippen molar-refractivity contribution in [3.05, 3.63) is 70.4 Å². The van der Waals surface area contributed by atoms with Crippen LogP contribution in [-0.2, 0) is 17.8 Å². The van der Waals surface area contributed by atoms with Crippen LogP contribution in [0.2, 0.25) is 5.02 Å². The molecule has 1 atom stereocenters. The Morgan fingerprint density at radius 1 is 1.16 bits per heavy atom. The molecule has 0 spiro atoms. The smallest absolute Gasteiger partial charge is 0.282 e. The number of carbonyl (C=O) groups excluding carboxylic acids is 1. The van der Waals surface area contributed by atoms with Crippen LogP contribution in [0.4, 0.5) is 20.2 Å². The van der Waals surface area contributed by atoms with Crippen LogP contribution in [0.3, 0.4) is 0 Å². The molecular weight excluding hydrogens is 574 g/mol. The lowest BCUT2D eigenvalue weighted by Crippen LogP contribution is -2.49. The first-order chi connectivity index (χ1) is 20.8. The van der Waals surface area contributed by atoms with Crippen molar-refractivity contribution in [2.45, 2.75) is 31.8 Å². The number of likely N-dealkylation sites (N-methyl/N-ethyl adjacent to an activating group) is 1. The van der Waals surface area contributed by atoms with Gasteiger partial charge in [-0.15, -0.1) is 0 Å². The van der Waals surface area contributed by atoms with Gasteiger partial charge in [0.2, 0.25) is 5.88 Å². The lowest BCUT2D eigenvalue weighted by molar-refractivity contribution is -0.128. The Morgan fingerprint density at radius 3 is 2.65 bits per heavy atom. The lowest BCUT2D eigenvalue weighted by Gasteiger charge is -2.39. The monoisotopic (exact) mass is 606 g/mol. The van der Waals surface area contributed by atoms with Gasteiger partial charge in [0.15, 0.2) is 5.83 Å². The van der Waals surface area contributed by atoms with E-state index in [1.807, 2.05) is 18.2 Å². The number of hydrogen-bond acceptors (Lipinski definition) is 7. The van der Waals surface area contributed by atoms with Crippen LogP contribution in [0.1, 0.15) is 29.7 Å². The summed E-state index contributed by atoms with van der Waals surface area (Å²) in [6.07, 6.45) is 2.69. The highest BCUT2D eigenvalue weighted by molar-refractivity contribution is 6.36. The van der Waals surface area contributed by atoms with E-state index in [1.165, 1.54) is 11.0 Å². The second-order valence-corrected chi connectivity index (χ2v) is 11.7. The summed E-state index contributed by atoms with van der Waals surface area (Å²) in [5, 5.41) is 12.0. The van der Waals surface area contributed by atoms with Crippen molar-refractivity contribution < 1.29 is 18.3 Å². The summed E-state index contributed by atoms with van der Waals surface area (Å²) in [6.45, 7) is 7.05. The number of likely N-dealkylation sites (tertiary alicyclic amines) is 1. The summed E-state index contributed by atoms with van der Waals surface area (Å²) < 4.78 is 34.4. The van der Waals surface area contributed by atoms with Gasteiger partial charge in [0.1, 0.15) is 24.1 Å². The molecule has 4 heterocycles. The standard InChI is InChI=1S/C32H33ClF2N6O2/c1-20(34)32(42)40-15-13-39(14-16-40)30-23-10-12-41(27-7-3-5-21-8-9-25(35)29(33)28(21)27)18-26(23)37-31(24(30)17-36)43-19-22-6-4-11-38(22)2/h3,5,7-9,22H,1,4,6,10-16,18-19H2,2H3. The second-order valence-electron chi connectivity index (χ2n) is 11.4. The molecule has 0 radical (unpaired) electrons. The number of nitrogens with zero attached hydrogens (tertiary/aromatic N) is 6. The van der Waals surface area contributed by atoms with Crippen molar-refractivity contribution in [2.75, 3.05) is 62.7 Å². The topological polar surface area (TPSA) is 75.9 Å². The molecule has 224 valence electrons. The number of hydrogen-bond donors (Lipinski definition) is 0. The van der Waals surface area contributed by atoms with Crippen molar-refractivity contribution in [1.82, 2.24) is 14.8 Å². The fourth-order valence-electron chi connectivity index (χ4n) is 6.52. The van der Waals surface area contributed by atoms with E-state index in [4.69, 9.17) is 21.3 Å². The fourth-order valence-corrected chi connectivity index (χ4v) is 6.79. The number of nitriles is 1. The van der Waals surface area contributed by atoms with Crippen molar-refractivity contribution >= 4 is 39.7 Å². The van der Waals surface area contributed by atoms with Gasteiger partial charge in [0.05, 0.1) is 22.9 Å². The minimum atomic E-state index is -0.978. The Balaban J connectivity index is 1.38. The van der Waals surface area contributed by atoms with Gasteiger partial charge in [-0.3, -0.25) is 4.79 Å². The maximum Gasteiger partial charge on any atom is 0.282 e. The highest BCUT2D eigenvalue weighted by Crippen LogP contribution is 2.40. The minimum absolute atomic E-state index is 0.0838. The third-order valence-corrected chi connectivity index (χ3v) is 9.23. The molecule has 6 rings (SSSR count). The highest BCUT2D eigenvalue weighted by Gasteiger charge is 2.33. The van der Waals surface area contributed by atoms with Gasteiger partial charge in [0.25, 0.3) is 5.91 Å². The molecule has 8 nitrogen and oxygen atoms in total. The van der Waals surface area contributed by atoms with Gasteiger partial charge < -0.3 is 24.3 Å². The fraction of sp³-hybridized carbons (Fsp3) is 0.406. The summed E-state index contributed by atoms with van der Waals surface area (Å²) in [4.78, 5) is 25.0. The number of pyridine rings is 1. The zero-order valence-corrected chi connectivity index (χ0v) is 24.8. The maximum atomic E-state index is 14.5. The number of rotatable bonds is 6. The maximum absolute atomic E-state index is 14.5. The van der Waals surface area contributed by atoms with Crippen molar-refractivity contribution in [2.24, 2.45) is 0 Å². The van der Waals surface area contributed by atoms with Crippen LogP contribution in [-0.4, -0.2) is 79.7 Å². The number of carbonyl (C=O) groups is 1. The van der Waals surface area contributed by atoms with E-state index in [9.17, 15) is 18.8 Å². The number of aromatic nitrogens is 1. The summed E-state index contributed by atoms with van der Waals surface area (Å²) in [7, 11) is 2.07. The van der Waals surface area contributed by atoms with E-state index < -0.39 is 17.6 Å². The molecule has 2 aromatic carbocycles. The second kappa shape index (κ2) is 12.0. The molecule has 3 aliphatic rings. The normalized spacial score (nSPS) is 19.0. The third-order valence-electron chi connectivity index (χ3n) is 8.86. The zero-order chi connectivity index (χ0) is 30.2. The Hall–Kier alpha value is -3.94. The van der Waals surface area contributed by atoms with Gasteiger partial charge in [-0.1, -0.05) is 36.4 Å². The van der Waals surface area contributed by atoms with Gasteiger partial charge in [-0.2, -0.15) is 5.26 Å². The molecule has 0 aliphatic carbocycles. The molecule has 3 aliphatic heterocycles. The summed E-state index contributed by atoms with van der Waals surface area (Å²) in [6, 6.07) is 11.5. The van der Waals surface area contributed by atoms with Crippen LogP contribution in [0.15, 0.2) is 42.7 Å². The minimum Gasteiger partial charge on any atom is -0.475 e. The molecule has 0 bridgehead atoms. The Bertz CT molecular complexity index is 1630. The van der Waals surface area contributed by atoms with Gasteiger partial charge in [-0.05, 0) is 50.4 Å². The summed E-state index contributed by atoms with van der Waals surface area (Å²) in [5.74, 6) is -1.87. The molecular formula is C32H33ClF2N6O2. The Morgan fingerprint density at radius 2 is 1.95 bits per heavy atom. The molecule has 2 saturated heterocycles. The number of fused-ring (bicyclic) bond motifs is 2. The van der Waals surface area contributed by atoms with Gasteiger partial charge >= 0.3 is 0 Å². The molecule has 1 aromatic heterocycles. The number of benzene rings is 2. The highest BCUT2D eigenvalue weighted by atomic mass is 35.5. The van der Waals surface area contributed by atoms with E-state index in [1.54, 1.807) is 6.07 Å². The average molecular weight is 607 g/mol. The first-order valence-electron chi connectivity index (χ1n) is 14.6. The van der Waals surface area contributed by atoms with Crippen LogP contribution in [0.25, 0.3) is 10.8 Å². The molecule has 3 aromatic rings. The molecule has 11 heteroatoms. The van der Waals surface area contributed by atoms with E-state index >= 15 is 0 Å². The predicted octanol–water partition coefficient (Wildman–Crippen LogP) is 5.07. The molecule has 1 unspecified atom stereocenters. The number of piperazine rings is 1. The van der Waals surface area contributed by atoms with Crippen LogP contribution < -0.4 is 14.5 Å². The van der Waals surface area contributed by atoms with Crippen molar-refractivity contribution in [3.8, 4) is 11.9 Å². The third kappa shape index (κ3) is 5.48. The van der Waals surface area contributed by atoms with Crippen LogP contribution in [0, 0.1) is 17.1 Å². The van der Waals surface area contributed by atoms with E-state index in [0.717, 1.165) is 47.4 Å². The van der Waals surface area contributed by atoms with Gasteiger partial charge in [0, 0.05) is 55.4 Å². The summed E-state index contributed by atoms with van der Waals surface area (Å²) >= 11 is 6.47. The molecule has 0 saturated carbocycles. The number of amides is 1. The molecule has 2 fully saturated rings. The van der Waals surface area contributed by atoms with Crippen molar-refractivity contribution in [3.63, 3.8) is 0 Å². The van der Waals surface area contributed by atoms with Crippen LogP contribution >= 0.6 is 11.6 Å². The number of ether oxygens (including phenoxy) is 1. The van der Waals surface area contributed by atoms with E-state index in [2.05, 4.69) is 34.4 Å². The number of anilines is 2. The Kier molecular flexibility index (Phi) is 8.12. The first-order valence-corrected chi connectivity index (χ1v) is 14.9. The van der Waals surface area contributed by atoms with Gasteiger partial charge in [-0.25, -0.2) is 13.8 Å². The molecule has 0 N–H and O–H groups in total. The SMILES string of the molecule is C=C(F)C(=O)N1CCN(c2c(C#N)c(OCC3CCCN3C)nc3c2CCN(c2cccc4ccc(F)c(Cl)c24)C3)CC1.